The van der Waals surface area contributed by atoms with Crippen molar-refractivity contribution in [1.29, 1.82) is 0 Å². The van der Waals surface area contributed by atoms with Gasteiger partial charge in [-0.2, -0.15) is 0 Å². The first-order valence-electron chi connectivity index (χ1n) is 6.77. The van der Waals surface area contributed by atoms with Gasteiger partial charge in [0.25, 0.3) is 5.56 Å². The van der Waals surface area contributed by atoms with Crippen LogP contribution in [0, 0.1) is 0 Å². The van der Waals surface area contributed by atoms with Gasteiger partial charge in [0.1, 0.15) is 0 Å². The standard InChI is InChI=1S/C13H19N3O2/c17-11-4-2-1-3-10(11)15-12-13(18)16(8-7-14-12)9-5-6-9/h7-11,17H,1-6H2,(H,14,15). The summed E-state index contributed by atoms with van der Waals surface area (Å²) in [7, 11) is 0. The van der Waals surface area contributed by atoms with E-state index in [1.54, 1.807) is 17.0 Å². The van der Waals surface area contributed by atoms with Crippen molar-refractivity contribution in [3.05, 3.63) is 22.7 Å². The van der Waals surface area contributed by atoms with Crippen molar-refractivity contribution in [1.82, 2.24) is 9.55 Å². The molecule has 2 fully saturated rings. The fourth-order valence-electron chi connectivity index (χ4n) is 2.62. The van der Waals surface area contributed by atoms with Gasteiger partial charge >= 0.3 is 0 Å². The molecule has 0 aliphatic heterocycles. The number of nitrogens with zero attached hydrogens (tertiary/aromatic N) is 2. The Morgan fingerprint density at radius 3 is 2.78 bits per heavy atom. The number of aromatic nitrogens is 2. The van der Waals surface area contributed by atoms with Crippen LogP contribution in [-0.2, 0) is 0 Å². The number of aliphatic hydroxyl groups excluding tert-OH is 1. The Morgan fingerprint density at radius 1 is 1.28 bits per heavy atom. The molecule has 3 rings (SSSR count). The number of anilines is 1. The van der Waals surface area contributed by atoms with E-state index in [1.807, 2.05) is 0 Å². The molecular weight excluding hydrogens is 230 g/mol. The van der Waals surface area contributed by atoms with Gasteiger partial charge in [0.15, 0.2) is 5.82 Å². The zero-order chi connectivity index (χ0) is 12.5. The zero-order valence-electron chi connectivity index (χ0n) is 10.4. The lowest BCUT2D eigenvalue weighted by molar-refractivity contribution is 0.116. The Labute approximate surface area is 106 Å². The molecule has 2 unspecified atom stereocenters. The van der Waals surface area contributed by atoms with Gasteiger partial charge in [0.2, 0.25) is 0 Å². The molecule has 0 radical (unpaired) electrons. The Morgan fingerprint density at radius 2 is 2.06 bits per heavy atom. The number of aliphatic hydroxyl groups is 1. The SMILES string of the molecule is O=c1c(NC2CCCCC2O)nccn1C1CC1. The third kappa shape index (κ3) is 2.27. The molecule has 5 nitrogen and oxygen atoms in total. The van der Waals surface area contributed by atoms with E-state index in [4.69, 9.17) is 0 Å². The predicted octanol–water partition coefficient (Wildman–Crippen LogP) is 1.29. The lowest BCUT2D eigenvalue weighted by Gasteiger charge is -2.28. The molecule has 5 heteroatoms. The molecular formula is C13H19N3O2. The maximum atomic E-state index is 12.2. The van der Waals surface area contributed by atoms with Gasteiger partial charge < -0.3 is 15.0 Å². The molecule has 2 aliphatic carbocycles. The Kier molecular flexibility index (Phi) is 3.07. The molecule has 1 aromatic rings. The smallest absolute Gasteiger partial charge is 0.293 e. The van der Waals surface area contributed by atoms with Crippen molar-refractivity contribution < 1.29 is 5.11 Å². The van der Waals surface area contributed by atoms with Crippen LogP contribution in [0.3, 0.4) is 0 Å². The van der Waals surface area contributed by atoms with Crippen LogP contribution in [0.1, 0.15) is 44.6 Å². The third-order valence-corrected chi connectivity index (χ3v) is 3.86. The van der Waals surface area contributed by atoms with Crippen LogP contribution in [0.25, 0.3) is 0 Å². The molecule has 2 N–H and O–H groups in total. The quantitative estimate of drug-likeness (QED) is 0.847. The monoisotopic (exact) mass is 249 g/mol. The lowest BCUT2D eigenvalue weighted by atomic mass is 9.93. The van der Waals surface area contributed by atoms with E-state index < -0.39 is 0 Å². The number of hydrogen-bond donors (Lipinski definition) is 2. The topological polar surface area (TPSA) is 67.2 Å². The van der Waals surface area contributed by atoms with Gasteiger partial charge in [0, 0.05) is 18.4 Å². The summed E-state index contributed by atoms with van der Waals surface area (Å²) in [6, 6.07) is 0.325. The summed E-state index contributed by atoms with van der Waals surface area (Å²) < 4.78 is 1.75. The van der Waals surface area contributed by atoms with E-state index in [9.17, 15) is 9.90 Å². The fourth-order valence-corrected chi connectivity index (χ4v) is 2.62. The molecule has 1 aromatic heterocycles. The normalized spacial score (nSPS) is 28.1. The van der Waals surface area contributed by atoms with Gasteiger partial charge in [-0.1, -0.05) is 12.8 Å². The average molecular weight is 249 g/mol. The van der Waals surface area contributed by atoms with Crippen LogP contribution in [-0.4, -0.2) is 26.8 Å². The third-order valence-electron chi connectivity index (χ3n) is 3.86. The molecule has 1 heterocycles. The Bertz CT molecular complexity index is 481. The molecule has 0 aromatic carbocycles. The van der Waals surface area contributed by atoms with Crippen molar-refractivity contribution in [2.45, 2.75) is 56.7 Å². The van der Waals surface area contributed by atoms with E-state index in [0.29, 0.717) is 11.9 Å². The molecule has 0 spiro atoms. The average Bonchev–Trinajstić information content (AvgIpc) is 3.19. The second kappa shape index (κ2) is 4.72. The van der Waals surface area contributed by atoms with Crippen LogP contribution in [0.15, 0.2) is 17.2 Å². The maximum Gasteiger partial charge on any atom is 0.293 e. The Hall–Kier alpha value is -1.36. The fraction of sp³-hybridized carbons (Fsp3) is 0.692. The van der Waals surface area contributed by atoms with Crippen LogP contribution in [0.2, 0.25) is 0 Å². The first kappa shape index (κ1) is 11.7. The molecule has 0 amide bonds. The molecule has 18 heavy (non-hydrogen) atoms. The first-order chi connectivity index (χ1) is 8.75. The number of rotatable bonds is 3. The molecule has 98 valence electrons. The summed E-state index contributed by atoms with van der Waals surface area (Å²) in [4.78, 5) is 16.3. The maximum absolute atomic E-state index is 12.2. The minimum Gasteiger partial charge on any atom is -0.391 e. The summed E-state index contributed by atoms with van der Waals surface area (Å²) in [6.45, 7) is 0. The largest absolute Gasteiger partial charge is 0.391 e. The van der Waals surface area contributed by atoms with E-state index >= 15 is 0 Å². The minimum atomic E-state index is -0.366. The highest BCUT2D eigenvalue weighted by atomic mass is 16.3. The summed E-state index contributed by atoms with van der Waals surface area (Å²) in [5.41, 5.74) is -0.0576. The highest BCUT2D eigenvalue weighted by molar-refractivity contribution is 5.33. The van der Waals surface area contributed by atoms with Crippen LogP contribution in [0.5, 0.6) is 0 Å². The van der Waals surface area contributed by atoms with Gasteiger partial charge in [-0.25, -0.2) is 4.98 Å². The van der Waals surface area contributed by atoms with Gasteiger partial charge in [-0.05, 0) is 25.7 Å². The van der Waals surface area contributed by atoms with Crippen molar-refractivity contribution in [2.75, 3.05) is 5.32 Å². The summed E-state index contributed by atoms with van der Waals surface area (Å²) >= 11 is 0. The van der Waals surface area contributed by atoms with Crippen molar-refractivity contribution in [3.8, 4) is 0 Å². The number of hydrogen-bond acceptors (Lipinski definition) is 4. The minimum absolute atomic E-state index is 0.0333. The van der Waals surface area contributed by atoms with E-state index in [1.165, 1.54) is 0 Å². The van der Waals surface area contributed by atoms with Crippen LogP contribution < -0.4 is 10.9 Å². The van der Waals surface area contributed by atoms with Crippen molar-refractivity contribution >= 4 is 5.82 Å². The molecule has 0 bridgehead atoms. The number of nitrogens with one attached hydrogen (secondary N) is 1. The van der Waals surface area contributed by atoms with Crippen LogP contribution in [0.4, 0.5) is 5.82 Å². The first-order valence-corrected chi connectivity index (χ1v) is 6.77. The van der Waals surface area contributed by atoms with E-state index in [0.717, 1.165) is 38.5 Å². The molecule has 0 saturated heterocycles. The van der Waals surface area contributed by atoms with Crippen molar-refractivity contribution in [3.63, 3.8) is 0 Å². The summed E-state index contributed by atoms with van der Waals surface area (Å²) in [5.74, 6) is 0.385. The Balaban J connectivity index is 1.79. The summed E-state index contributed by atoms with van der Waals surface area (Å²) in [5, 5.41) is 13.0. The predicted molar refractivity (Wildman–Crippen MR) is 68.7 cm³/mol. The molecule has 2 aliphatic rings. The van der Waals surface area contributed by atoms with Crippen LogP contribution >= 0.6 is 0 Å². The highest BCUT2D eigenvalue weighted by Gasteiger charge is 2.27. The van der Waals surface area contributed by atoms with Gasteiger partial charge in [0.05, 0.1) is 12.1 Å². The second-order valence-electron chi connectivity index (χ2n) is 5.32. The van der Waals surface area contributed by atoms with Crippen molar-refractivity contribution in [2.24, 2.45) is 0 Å². The molecule has 2 saturated carbocycles. The van der Waals surface area contributed by atoms with Gasteiger partial charge in [-0.15, -0.1) is 0 Å². The lowest BCUT2D eigenvalue weighted by Crippen LogP contribution is -2.39. The zero-order valence-corrected chi connectivity index (χ0v) is 10.4. The van der Waals surface area contributed by atoms with E-state index in [-0.39, 0.29) is 17.7 Å². The second-order valence-corrected chi connectivity index (χ2v) is 5.32. The van der Waals surface area contributed by atoms with Gasteiger partial charge in [-0.3, -0.25) is 4.79 Å². The molecule has 2 atom stereocenters. The summed E-state index contributed by atoms with van der Waals surface area (Å²) in [6.07, 6.45) is 9.08. The highest BCUT2D eigenvalue weighted by Crippen LogP contribution is 2.33. The van der Waals surface area contributed by atoms with E-state index in [2.05, 4.69) is 10.3 Å².